The van der Waals surface area contributed by atoms with Gasteiger partial charge in [-0.3, -0.25) is 14.4 Å². The molecule has 71 heavy (non-hydrogen) atoms. The molecule has 0 N–H and O–H groups in total. The summed E-state index contributed by atoms with van der Waals surface area (Å²) < 4.78 is 16.9. The number of unbranched alkanes of at least 4 members (excludes halogenated alkanes) is 38. The van der Waals surface area contributed by atoms with E-state index in [4.69, 9.17) is 14.2 Å². The molecule has 0 amide bonds. The Kier molecular flexibility index (Phi) is 57.7. The van der Waals surface area contributed by atoms with Gasteiger partial charge in [0.15, 0.2) is 6.10 Å². The number of allylic oxidation sites excluding steroid dienone is 8. The third-order valence-corrected chi connectivity index (χ3v) is 13.8. The zero-order valence-corrected chi connectivity index (χ0v) is 47.5. The maximum atomic E-state index is 12.9. The number of hydrogen-bond acceptors (Lipinski definition) is 6. The van der Waals surface area contributed by atoms with Crippen LogP contribution < -0.4 is 0 Å². The highest BCUT2D eigenvalue weighted by Gasteiger charge is 2.19. The average molecular weight is 996 g/mol. The van der Waals surface area contributed by atoms with E-state index in [1.807, 2.05) is 0 Å². The van der Waals surface area contributed by atoms with E-state index in [-0.39, 0.29) is 31.1 Å². The number of rotatable bonds is 57. The molecule has 0 rings (SSSR count). The van der Waals surface area contributed by atoms with Gasteiger partial charge in [-0.25, -0.2) is 0 Å². The van der Waals surface area contributed by atoms with E-state index in [1.165, 1.54) is 205 Å². The summed E-state index contributed by atoms with van der Waals surface area (Å²) in [7, 11) is 0. The average Bonchev–Trinajstić information content (AvgIpc) is 3.37. The molecule has 0 heterocycles. The molecular weight excluding hydrogens is 877 g/mol. The van der Waals surface area contributed by atoms with Crippen LogP contribution in [0.1, 0.15) is 329 Å². The van der Waals surface area contributed by atoms with Crippen molar-refractivity contribution in [2.24, 2.45) is 0 Å². The van der Waals surface area contributed by atoms with Crippen molar-refractivity contribution in [3.05, 3.63) is 48.6 Å². The smallest absolute Gasteiger partial charge is 0.306 e. The van der Waals surface area contributed by atoms with Crippen LogP contribution in [0.2, 0.25) is 0 Å². The van der Waals surface area contributed by atoms with Crippen LogP contribution in [0, 0.1) is 0 Å². The topological polar surface area (TPSA) is 78.9 Å². The van der Waals surface area contributed by atoms with E-state index in [2.05, 4.69) is 69.4 Å². The van der Waals surface area contributed by atoms with Crippen molar-refractivity contribution < 1.29 is 28.6 Å². The van der Waals surface area contributed by atoms with E-state index >= 15 is 0 Å². The molecule has 414 valence electrons. The second kappa shape index (κ2) is 59.9. The predicted octanol–water partition coefficient (Wildman–Crippen LogP) is 21.0. The number of ether oxygens (including phenoxy) is 3. The first-order chi connectivity index (χ1) is 35.0. The van der Waals surface area contributed by atoms with Crippen LogP contribution in [0.15, 0.2) is 48.6 Å². The standard InChI is InChI=1S/C65H118O6/c1-4-7-10-13-16-19-22-25-27-29-31-32-34-35-37-40-43-46-49-52-55-58-64(67)70-61-62(60-69-63(66)57-54-51-48-45-42-39-24-21-18-15-12-9-6-3)71-65(68)59-56-53-50-47-44-41-38-36-33-30-28-26-23-20-17-14-11-8-5-2/h9,12,18,21,29,31,39,42,62H,4-8,10-11,13-17,19-20,22-28,30,32-38,40-41,43-61H2,1-3H3/b12-9-,21-18-,31-29-,42-39-. The fraction of sp³-hybridized carbons (Fsp3) is 0.831. The Morgan fingerprint density at radius 2 is 0.549 bits per heavy atom. The number of carbonyl (C=O) groups is 3. The van der Waals surface area contributed by atoms with Gasteiger partial charge in [-0.1, -0.05) is 281 Å². The molecular formula is C65H118O6. The molecule has 0 aromatic rings. The van der Waals surface area contributed by atoms with Crippen LogP contribution in [-0.2, 0) is 28.6 Å². The molecule has 0 aliphatic rings. The van der Waals surface area contributed by atoms with Gasteiger partial charge in [0.1, 0.15) is 13.2 Å². The lowest BCUT2D eigenvalue weighted by molar-refractivity contribution is -0.167. The monoisotopic (exact) mass is 995 g/mol. The molecule has 0 aliphatic carbocycles. The van der Waals surface area contributed by atoms with Gasteiger partial charge in [0.2, 0.25) is 0 Å². The van der Waals surface area contributed by atoms with Crippen LogP contribution >= 0.6 is 0 Å². The summed E-state index contributed by atoms with van der Waals surface area (Å²) in [6.45, 7) is 6.55. The first kappa shape index (κ1) is 68.4. The fourth-order valence-corrected chi connectivity index (χ4v) is 9.16. The minimum atomic E-state index is -0.784. The van der Waals surface area contributed by atoms with Gasteiger partial charge < -0.3 is 14.2 Å². The summed E-state index contributed by atoms with van der Waals surface area (Å²) in [5.74, 6) is -0.893. The van der Waals surface area contributed by atoms with Gasteiger partial charge in [0.25, 0.3) is 0 Å². The highest BCUT2D eigenvalue weighted by Crippen LogP contribution is 2.17. The second-order valence-electron chi connectivity index (χ2n) is 20.9. The van der Waals surface area contributed by atoms with Crippen molar-refractivity contribution in [3.8, 4) is 0 Å². The third kappa shape index (κ3) is 58.1. The number of hydrogen-bond donors (Lipinski definition) is 0. The molecule has 0 aromatic carbocycles. The summed E-state index contributed by atoms with van der Waals surface area (Å²) >= 11 is 0. The molecule has 0 saturated heterocycles. The molecule has 6 heteroatoms. The molecule has 6 nitrogen and oxygen atoms in total. The SMILES string of the molecule is CC/C=C\C/C=C\C/C=C\CCCCCC(=O)OCC(COC(=O)CCCCCCCCCCC/C=C\CCCCCCCCCC)OC(=O)CCCCCCCCCCCCCCCCCCCCC. The fourth-order valence-electron chi connectivity index (χ4n) is 9.16. The molecule has 0 bridgehead atoms. The minimum Gasteiger partial charge on any atom is -0.462 e. The zero-order chi connectivity index (χ0) is 51.4. The summed E-state index contributed by atoms with van der Waals surface area (Å²) in [6.07, 6.45) is 74.1. The molecule has 0 aromatic heterocycles. The minimum absolute atomic E-state index is 0.0803. The highest BCUT2D eigenvalue weighted by molar-refractivity contribution is 5.71. The maximum Gasteiger partial charge on any atom is 0.306 e. The van der Waals surface area contributed by atoms with E-state index in [1.54, 1.807) is 0 Å². The van der Waals surface area contributed by atoms with Gasteiger partial charge in [-0.2, -0.15) is 0 Å². The van der Waals surface area contributed by atoms with Crippen molar-refractivity contribution >= 4 is 17.9 Å². The molecule has 1 unspecified atom stereocenters. The van der Waals surface area contributed by atoms with Gasteiger partial charge in [-0.15, -0.1) is 0 Å². The Labute approximate surface area is 441 Å². The molecule has 0 radical (unpaired) electrons. The molecule has 0 spiro atoms. The van der Waals surface area contributed by atoms with Crippen molar-refractivity contribution in [1.29, 1.82) is 0 Å². The van der Waals surface area contributed by atoms with Crippen molar-refractivity contribution in [2.75, 3.05) is 13.2 Å². The molecule has 1 atom stereocenters. The maximum absolute atomic E-state index is 12.9. The first-order valence-electron chi connectivity index (χ1n) is 31.1. The lowest BCUT2D eigenvalue weighted by Crippen LogP contribution is -2.30. The Hall–Kier alpha value is -2.63. The molecule has 0 aliphatic heterocycles. The lowest BCUT2D eigenvalue weighted by Gasteiger charge is -2.18. The van der Waals surface area contributed by atoms with E-state index in [0.717, 1.165) is 83.5 Å². The van der Waals surface area contributed by atoms with Crippen LogP contribution in [0.25, 0.3) is 0 Å². The third-order valence-electron chi connectivity index (χ3n) is 13.8. The molecule has 0 fully saturated rings. The van der Waals surface area contributed by atoms with Crippen LogP contribution in [0.3, 0.4) is 0 Å². The zero-order valence-electron chi connectivity index (χ0n) is 47.5. The Morgan fingerprint density at radius 1 is 0.296 bits per heavy atom. The highest BCUT2D eigenvalue weighted by atomic mass is 16.6. The predicted molar refractivity (Wildman–Crippen MR) is 307 cm³/mol. The van der Waals surface area contributed by atoms with Crippen LogP contribution in [-0.4, -0.2) is 37.2 Å². The van der Waals surface area contributed by atoms with Crippen molar-refractivity contribution in [3.63, 3.8) is 0 Å². The van der Waals surface area contributed by atoms with Crippen LogP contribution in [0.4, 0.5) is 0 Å². The summed E-state index contributed by atoms with van der Waals surface area (Å²) in [5.41, 5.74) is 0. The van der Waals surface area contributed by atoms with Crippen LogP contribution in [0.5, 0.6) is 0 Å². The normalized spacial score (nSPS) is 12.3. The van der Waals surface area contributed by atoms with Crippen molar-refractivity contribution in [1.82, 2.24) is 0 Å². The van der Waals surface area contributed by atoms with Gasteiger partial charge >= 0.3 is 17.9 Å². The quantitative estimate of drug-likeness (QED) is 0.0261. The number of carbonyl (C=O) groups excluding carboxylic acids is 3. The summed E-state index contributed by atoms with van der Waals surface area (Å²) in [6, 6.07) is 0. The molecule has 0 saturated carbocycles. The van der Waals surface area contributed by atoms with E-state index in [0.29, 0.717) is 19.3 Å². The lowest BCUT2D eigenvalue weighted by atomic mass is 10.0. The second-order valence-corrected chi connectivity index (χ2v) is 20.9. The Morgan fingerprint density at radius 3 is 0.887 bits per heavy atom. The van der Waals surface area contributed by atoms with Gasteiger partial charge in [0, 0.05) is 19.3 Å². The van der Waals surface area contributed by atoms with Crippen molar-refractivity contribution in [2.45, 2.75) is 335 Å². The Balaban J connectivity index is 4.31. The largest absolute Gasteiger partial charge is 0.462 e. The summed E-state index contributed by atoms with van der Waals surface area (Å²) in [4.78, 5) is 38.2. The number of esters is 3. The van der Waals surface area contributed by atoms with E-state index < -0.39 is 6.10 Å². The van der Waals surface area contributed by atoms with E-state index in [9.17, 15) is 14.4 Å². The summed E-state index contributed by atoms with van der Waals surface area (Å²) in [5, 5.41) is 0. The van der Waals surface area contributed by atoms with Gasteiger partial charge in [-0.05, 0) is 77.0 Å². The Bertz CT molecular complexity index is 1230. The van der Waals surface area contributed by atoms with Gasteiger partial charge in [0.05, 0.1) is 0 Å². The first-order valence-corrected chi connectivity index (χ1v) is 31.1.